The molecule has 2 heterocycles. The molecule has 0 saturated heterocycles. The van der Waals surface area contributed by atoms with Crippen molar-refractivity contribution in [2.75, 3.05) is 0 Å². The SMILES string of the molecule is c1ccc(-c2nc(-c3ccc(-c4ccc5oc6ccccc6c5c4)cc3)cc(-c3ccc4c(c3)C(c3ccccc3)(c3ccccc3)c3ccccc3-4)n2)cc1. The standard InChI is InChI=1S/C53H34N2O/c1-4-14-37(15-5-1)52-54-48(36-26-24-35(25-27-36)38-29-31-51-45(32-38)44-21-11-13-23-50(44)56-51)34-49(55-52)39-28-30-43-42-20-10-12-22-46(42)53(47(43)33-39,40-16-6-2-7-17-40)41-18-8-3-9-19-41/h1-34H. The zero-order valence-electron chi connectivity index (χ0n) is 30.4. The van der Waals surface area contributed by atoms with Crippen molar-refractivity contribution in [3.63, 3.8) is 0 Å². The molecule has 0 aliphatic heterocycles. The van der Waals surface area contributed by atoms with Crippen LogP contribution in [-0.2, 0) is 5.41 Å². The van der Waals surface area contributed by atoms with E-state index in [4.69, 9.17) is 14.4 Å². The molecule has 1 aliphatic carbocycles. The minimum absolute atomic E-state index is 0.496. The molecule has 1 aliphatic rings. The zero-order valence-corrected chi connectivity index (χ0v) is 30.4. The van der Waals surface area contributed by atoms with Crippen LogP contribution in [0.1, 0.15) is 22.3 Å². The highest BCUT2D eigenvalue weighted by molar-refractivity contribution is 6.06. The number of furan rings is 1. The van der Waals surface area contributed by atoms with Gasteiger partial charge in [-0.3, -0.25) is 0 Å². The molecule has 0 bridgehead atoms. The van der Waals surface area contributed by atoms with Gasteiger partial charge < -0.3 is 4.42 Å². The Kier molecular flexibility index (Phi) is 7.39. The maximum atomic E-state index is 6.10. The molecule has 0 amide bonds. The van der Waals surface area contributed by atoms with Crippen LogP contribution >= 0.6 is 0 Å². The van der Waals surface area contributed by atoms with Crippen molar-refractivity contribution in [3.05, 3.63) is 229 Å². The molecule has 10 aromatic rings. The van der Waals surface area contributed by atoms with Crippen LogP contribution in [0.4, 0.5) is 0 Å². The van der Waals surface area contributed by atoms with Gasteiger partial charge in [0.25, 0.3) is 0 Å². The highest BCUT2D eigenvalue weighted by Gasteiger charge is 2.46. The molecule has 0 spiro atoms. The molecule has 262 valence electrons. The third kappa shape index (κ3) is 5.05. The van der Waals surface area contributed by atoms with Gasteiger partial charge in [0.15, 0.2) is 5.82 Å². The third-order valence-electron chi connectivity index (χ3n) is 11.4. The van der Waals surface area contributed by atoms with E-state index in [2.05, 4.69) is 176 Å². The Bertz CT molecular complexity index is 3020. The summed E-state index contributed by atoms with van der Waals surface area (Å²) in [4.78, 5) is 10.4. The first-order valence-electron chi connectivity index (χ1n) is 19.1. The topological polar surface area (TPSA) is 38.9 Å². The Labute approximate surface area is 325 Å². The smallest absolute Gasteiger partial charge is 0.160 e. The molecule has 0 unspecified atom stereocenters. The van der Waals surface area contributed by atoms with Crippen molar-refractivity contribution in [3.8, 4) is 56.2 Å². The Morgan fingerprint density at radius 2 is 0.893 bits per heavy atom. The molecular weight excluding hydrogens is 681 g/mol. The average molecular weight is 715 g/mol. The predicted molar refractivity (Wildman–Crippen MR) is 228 cm³/mol. The van der Waals surface area contributed by atoms with Crippen molar-refractivity contribution in [2.24, 2.45) is 0 Å². The van der Waals surface area contributed by atoms with Gasteiger partial charge in [-0.2, -0.15) is 0 Å². The fourth-order valence-corrected chi connectivity index (χ4v) is 8.80. The second-order valence-electron chi connectivity index (χ2n) is 14.5. The number of para-hydroxylation sites is 1. The number of fused-ring (bicyclic) bond motifs is 6. The largest absolute Gasteiger partial charge is 0.456 e. The molecule has 11 rings (SSSR count). The van der Waals surface area contributed by atoms with Crippen LogP contribution < -0.4 is 0 Å². The predicted octanol–water partition coefficient (Wildman–Crippen LogP) is 13.4. The first-order chi connectivity index (χ1) is 27.7. The van der Waals surface area contributed by atoms with E-state index in [-0.39, 0.29) is 0 Å². The first-order valence-corrected chi connectivity index (χ1v) is 19.1. The van der Waals surface area contributed by atoms with Crippen LogP contribution in [-0.4, -0.2) is 9.97 Å². The van der Waals surface area contributed by atoms with Crippen LogP contribution in [0.2, 0.25) is 0 Å². The van der Waals surface area contributed by atoms with E-state index in [1.165, 1.54) is 33.4 Å². The van der Waals surface area contributed by atoms with Gasteiger partial charge in [-0.25, -0.2) is 9.97 Å². The van der Waals surface area contributed by atoms with E-state index >= 15 is 0 Å². The van der Waals surface area contributed by atoms with Gasteiger partial charge >= 0.3 is 0 Å². The number of benzene rings is 8. The van der Waals surface area contributed by atoms with E-state index in [9.17, 15) is 0 Å². The van der Waals surface area contributed by atoms with Gasteiger partial charge in [0.05, 0.1) is 16.8 Å². The van der Waals surface area contributed by atoms with Crippen LogP contribution in [0.25, 0.3) is 78.1 Å². The molecule has 0 N–H and O–H groups in total. The lowest BCUT2D eigenvalue weighted by molar-refractivity contribution is 0.669. The van der Waals surface area contributed by atoms with Crippen LogP contribution in [0.3, 0.4) is 0 Å². The third-order valence-corrected chi connectivity index (χ3v) is 11.4. The van der Waals surface area contributed by atoms with Gasteiger partial charge in [0, 0.05) is 27.5 Å². The van der Waals surface area contributed by atoms with Crippen LogP contribution in [0, 0.1) is 0 Å². The molecule has 2 aromatic heterocycles. The van der Waals surface area contributed by atoms with Gasteiger partial charge in [0.2, 0.25) is 0 Å². The summed E-state index contributed by atoms with van der Waals surface area (Å²) in [6.07, 6.45) is 0. The molecule has 3 nitrogen and oxygen atoms in total. The molecule has 0 saturated carbocycles. The van der Waals surface area contributed by atoms with Crippen LogP contribution in [0.5, 0.6) is 0 Å². The van der Waals surface area contributed by atoms with E-state index in [0.29, 0.717) is 5.82 Å². The second kappa shape index (κ2) is 12.9. The fraction of sp³-hybridized carbons (Fsp3) is 0.0189. The first kappa shape index (κ1) is 32.1. The van der Waals surface area contributed by atoms with Gasteiger partial charge in [-0.15, -0.1) is 0 Å². The monoisotopic (exact) mass is 714 g/mol. The van der Waals surface area contributed by atoms with Crippen molar-refractivity contribution in [1.82, 2.24) is 9.97 Å². The molecule has 56 heavy (non-hydrogen) atoms. The molecule has 3 heteroatoms. The number of nitrogens with zero attached hydrogens (tertiary/aromatic N) is 2. The number of rotatable bonds is 6. The summed E-state index contributed by atoms with van der Waals surface area (Å²) in [5.41, 5.74) is 15.9. The second-order valence-corrected chi connectivity index (χ2v) is 14.5. The lowest BCUT2D eigenvalue weighted by Gasteiger charge is -2.34. The van der Waals surface area contributed by atoms with E-state index in [0.717, 1.165) is 61.1 Å². The summed E-state index contributed by atoms with van der Waals surface area (Å²) in [6, 6.07) is 73.4. The maximum absolute atomic E-state index is 6.10. The van der Waals surface area contributed by atoms with Crippen molar-refractivity contribution in [2.45, 2.75) is 5.41 Å². The summed E-state index contributed by atoms with van der Waals surface area (Å²) >= 11 is 0. The zero-order chi connectivity index (χ0) is 37.1. The highest BCUT2D eigenvalue weighted by Crippen LogP contribution is 2.56. The summed E-state index contributed by atoms with van der Waals surface area (Å²) in [7, 11) is 0. The number of aromatic nitrogens is 2. The molecular formula is C53H34N2O. The molecule has 8 aromatic carbocycles. The average Bonchev–Trinajstić information content (AvgIpc) is 3.80. The van der Waals surface area contributed by atoms with Crippen molar-refractivity contribution < 1.29 is 4.42 Å². The highest BCUT2D eigenvalue weighted by atomic mass is 16.3. The Morgan fingerprint density at radius 1 is 0.339 bits per heavy atom. The maximum Gasteiger partial charge on any atom is 0.160 e. The normalized spacial score (nSPS) is 12.8. The summed E-state index contributed by atoms with van der Waals surface area (Å²) < 4.78 is 6.10. The number of hydrogen-bond donors (Lipinski definition) is 0. The summed E-state index contributed by atoms with van der Waals surface area (Å²) in [6.45, 7) is 0. The lowest BCUT2D eigenvalue weighted by Crippen LogP contribution is -2.28. The molecule has 0 atom stereocenters. The fourth-order valence-electron chi connectivity index (χ4n) is 8.80. The van der Waals surface area contributed by atoms with Crippen molar-refractivity contribution >= 4 is 21.9 Å². The Morgan fingerprint density at radius 3 is 1.64 bits per heavy atom. The quantitative estimate of drug-likeness (QED) is 0.172. The summed E-state index contributed by atoms with van der Waals surface area (Å²) in [5, 5.41) is 2.25. The molecule has 0 radical (unpaired) electrons. The Hall–Kier alpha value is -7.36. The summed E-state index contributed by atoms with van der Waals surface area (Å²) in [5.74, 6) is 0.695. The van der Waals surface area contributed by atoms with E-state index < -0.39 is 5.41 Å². The molecule has 0 fully saturated rings. The Balaban J connectivity index is 1.06. The van der Waals surface area contributed by atoms with Gasteiger partial charge in [0.1, 0.15) is 11.2 Å². The lowest BCUT2D eigenvalue weighted by atomic mass is 9.67. The minimum Gasteiger partial charge on any atom is -0.456 e. The van der Waals surface area contributed by atoms with Crippen LogP contribution in [0.15, 0.2) is 211 Å². The van der Waals surface area contributed by atoms with Gasteiger partial charge in [-0.1, -0.05) is 176 Å². The van der Waals surface area contributed by atoms with Gasteiger partial charge in [-0.05, 0) is 74.8 Å². The van der Waals surface area contributed by atoms with E-state index in [1.807, 2.05) is 30.3 Å². The van der Waals surface area contributed by atoms with E-state index in [1.54, 1.807) is 0 Å². The van der Waals surface area contributed by atoms with Crippen molar-refractivity contribution in [1.29, 1.82) is 0 Å². The number of hydrogen-bond acceptors (Lipinski definition) is 3. The minimum atomic E-state index is -0.496.